The second-order valence-electron chi connectivity index (χ2n) is 29.1. The molecular weight excluding hydrogens is 1630 g/mol. The van der Waals surface area contributed by atoms with Crippen LogP contribution in [0.15, 0.2) is 61.1 Å². The number of nitrogens with zero attached hydrogens (tertiary/aromatic N) is 1. The average Bonchev–Trinajstić information content (AvgIpc) is 1.65. The highest BCUT2D eigenvalue weighted by Crippen LogP contribution is 2.44. The van der Waals surface area contributed by atoms with E-state index in [1.165, 1.54) is 47.1 Å². The van der Waals surface area contributed by atoms with Crippen molar-refractivity contribution in [3.8, 4) is 11.1 Å². The first-order valence-corrected chi connectivity index (χ1v) is 38.5. The zero-order valence-electron chi connectivity index (χ0n) is 68.6. The Hall–Kier alpha value is -13.3. The number of benzene rings is 2. The summed E-state index contributed by atoms with van der Waals surface area (Å²) in [4.78, 5) is 271. The summed E-state index contributed by atoms with van der Waals surface area (Å²) < 4.78 is 33.7. The molecule has 1 fully saturated rings. The van der Waals surface area contributed by atoms with Crippen molar-refractivity contribution < 1.29 is 150 Å². The number of fused-ring (bicyclic) bond motifs is 3. The second-order valence-corrected chi connectivity index (χ2v) is 29.1. The van der Waals surface area contributed by atoms with Gasteiger partial charge in [-0.2, -0.15) is 0 Å². The number of aliphatic hydroxyl groups is 2. The number of nitrogens with one attached hydrogen (secondary N) is 14. The van der Waals surface area contributed by atoms with Crippen LogP contribution in [0.5, 0.6) is 0 Å². The minimum Gasteiger partial charge on any atom is -0.481 e. The molecule has 2 heterocycles. The van der Waals surface area contributed by atoms with Gasteiger partial charge in [-0.25, -0.2) is 14.6 Å². The summed E-state index contributed by atoms with van der Waals surface area (Å²) in [6, 6.07) is -6.39. The average molecular weight is 1740 g/mol. The van der Waals surface area contributed by atoms with Crippen molar-refractivity contribution in [3.63, 3.8) is 0 Å². The highest BCUT2D eigenvalue weighted by atomic mass is 16.7. The lowest BCUT2D eigenvalue weighted by Gasteiger charge is -2.45. The number of aromatic nitrogens is 2. The van der Waals surface area contributed by atoms with Crippen LogP contribution in [0.2, 0.25) is 0 Å². The number of carbonyl (C=O) groups is 20. The molecule has 0 unspecified atom stereocenters. The van der Waals surface area contributed by atoms with Crippen LogP contribution in [0.25, 0.3) is 11.1 Å². The first-order valence-electron chi connectivity index (χ1n) is 38.5. The third-order valence-electron chi connectivity index (χ3n) is 18.7. The van der Waals surface area contributed by atoms with E-state index in [9.17, 15) is 116 Å². The van der Waals surface area contributed by atoms with Gasteiger partial charge in [0.1, 0.15) is 91.8 Å². The normalized spacial score (nSPS) is 17.8. The molecule has 16 atom stereocenters. The van der Waals surface area contributed by atoms with E-state index in [-0.39, 0.29) is 24.6 Å². The van der Waals surface area contributed by atoms with Gasteiger partial charge in [-0.05, 0) is 60.8 Å². The van der Waals surface area contributed by atoms with E-state index in [2.05, 4.69) is 79.1 Å². The van der Waals surface area contributed by atoms with Gasteiger partial charge in [-0.1, -0.05) is 76.2 Å². The Balaban J connectivity index is 1.37. The lowest BCUT2D eigenvalue weighted by Crippen LogP contribution is -2.67. The van der Waals surface area contributed by atoms with Gasteiger partial charge in [-0.3, -0.25) is 86.3 Å². The molecule has 2 aromatic carbocycles. The number of amides is 14. The van der Waals surface area contributed by atoms with E-state index < -0.39 is 293 Å². The molecule has 47 heteroatoms. The van der Waals surface area contributed by atoms with Crippen molar-refractivity contribution in [1.82, 2.24) is 79.1 Å². The largest absolute Gasteiger partial charge is 0.481 e. The molecular formula is C76H104N16O31. The van der Waals surface area contributed by atoms with Crippen LogP contribution in [0.3, 0.4) is 0 Å². The first kappa shape index (κ1) is 100. The van der Waals surface area contributed by atoms with Crippen molar-refractivity contribution in [2.45, 2.75) is 211 Å². The Labute approximate surface area is 702 Å². The molecule has 47 nitrogen and oxygen atoms in total. The quantitative estimate of drug-likeness (QED) is 0.0185. The molecule has 1 saturated heterocycles. The number of carbonyl (C=O) groups excluding carboxylic acids is 17. The molecule has 1 aromatic heterocycles. The van der Waals surface area contributed by atoms with Crippen LogP contribution >= 0.6 is 0 Å². The van der Waals surface area contributed by atoms with E-state index in [0.29, 0.717) is 0 Å². The van der Waals surface area contributed by atoms with Gasteiger partial charge >= 0.3 is 41.9 Å². The molecule has 0 saturated carbocycles. The fourth-order valence-electron chi connectivity index (χ4n) is 12.5. The molecule has 21 N–H and O–H groups in total. The highest BCUT2D eigenvalue weighted by molar-refractivity contribution is 6.00. The number of alkyl carbamates (subject to hydrolysis) is 1. The number of ether oxygens (including phenoxy) is 6. The maximum atomic E-state index is 14.8. The summed E-state index contributed by atoms with van der Waals surface area (Å²) in [5.41, 5.74) is 9.40. The third-order valence-corrected chi connectivity index (χ3v) is 18.7. The van der Waals surface area contributed by atoms with Crippen molar-refractivity contribution in [2.24, 2.45) is 17.6 Å². The minimum atomic E-state index is -2.29. The van der Waals surface area contributed by atoms with Crippen LogP contribution in [-0.4, -0.2) is 291 Å². The lowest BCUT2D eigenvalue weighted by molar-refractivity contribution is -0.278. The van der Waals surface area contributed by atoms with Crippen LogP contribution in [0.1, 0.15) is 124 Å². The number of carboxylic acid groups (broad SMARTS) is 3. The zero-order chi connectivity index (χ0) is 91.8. The number of aromatic amines is 1. The molecule has 0 bridgehead atoms. The zero-order valence-corrected chi connectivity index (χ0v) is 68.6. The number of carboxylic acids is 3. The van der Waals surface area contributed by atoms with Crippen LogP contribution in [-0.2, 0) is 126 Å². The number of rotatable bonds is 48. The highest BCUT2D eigenvalue weighted by Gasteiger charge is 2.52. The number of imidazole rings is 1. The van der Waals surface area contributed by atoms with E-state index in [1.807, 2.05) is 48.5 Å². The van der Waals surface area contributed by atoms with Gasteiger partial charge in [0.25, 0.3) is 0 Å². The third kappa shape index (κ3) is 31.7. The molecule has 2 aliphatic rings. The van der Waals surface area contributed by atoms with Crippen molar-refractivity contribution in [1.29, 1.82) is 0 Å². The second kappa shape index (κ2) is 48.2. The molecule has 123 heavy (non-hydrogen) atoms. The Kier molecular flexibility index (Phi) is 39.3. The predicted molar refractivity (Wildman–Crippen MR) is 417 cm³/mol. The van der Waals surface area contributed by atoms with Crippen molar-refractivity contribution in [3.05, 3.63) is 77.9 Å². The summed E-state index contributed by atoms with van der Waals surface area (Å²) in [6.45, 7) is 6.21. The molecule has 3 aromatic rings. The van der Waals surface area contributed by atoms with Gasteiger partial charge in [0.05, 0.1) is 44.8 Å². The smallest absolute Gasteiger partial charge is 0.407 e. The Morgan fingerprint density at radius 3 is 1.46 bits per heavy atom. The summed E-state index contributed by atoms with van der Waals surface area (Å²) in [7, 11) is 0. The summed E-state index contributed by atoms with van der Waals surface area (Å²) in [5, 5.41) is 78.7. The van der Waals surface area contributed by atoms with Gasteiger partial charge in [-0.15, -0.1) is 0 Å². The number of nitrogens with two attached hydrogens (primary N) is 1. The van der Waals surface area contributed by atoms with E-state index >= 15 is 0 Å². The van der Waals surface area contributed by atoms with E-state index in [4.69, 9.17) is 39.3 Å². The molecule has 0 radical (unpaired) electrons. The number of esters is 3. The Morgan fingerprint density at radius 1 is 0.504 bits per heavy atom. The van der Waals surface area contributed by atoms with Gasteiger partial charge < -0.3 is 134 Å². The van der Waals surface area contributed by atoms with E-state index in [0.717, 1.165) is 56.9 Å². The maximum absolute atomic E-state index is 14.8. The van der Waals surface area contributed by atoms with Crippen LogP contribution in [0.4, 0.5) is 4.79 Å². The monoisotopic (exact) mass is 1740 g/mol. The number of hydrogen-bond donors (Lipinski definition) is 20. The topological polar surface area (TPSA) is 709 Å². The standard InChI is InChI=1S/C76H104N16O31/c1-33(2)59(72(113)85-48(74(115)116)20-22-58(103)104)91-64(105)35(5)81-67(108)47(19-21-57(101)102)84-56(100)26-79-66(107)50(24-55(77)99)87-71(112)53(30-119-75-61(83-37(7)95)63(122-40(10)98)62(121-39(9)97)54(123-75)31-118-38(8)96)89-69(110)51(27-93)88-73(114)60(34(3)4)92-65(106)36(6)82-68(109)49(23-41-25-78-32-80-41)86-70(111)52(28-94)90-76(117)120-29-46-44-17-13-11-15-42(44)43-16-12-14-18-45(43)46/h11-18,25,32-36,46-54,59-63,75,93-94H,19-24,26-31H2,1-10H3,(H2,77,99)(H,78,80)(H,79,107)(H,81,108)(H,82,109)(H,83,95)(H,84,100)(H,85,113)(H,86,111)(H,87,112)(H,88,114)(H,89,110)(H,90,117)(H,91,105)(H,92,106)(H,101,102)(H,103,104)(H,115,116)/t35-,36-,47-,48-,49-,50-,51-,52-,53-,54+,59-,60-,61+,62-,63+,75-/m0/s1. The van der Waals surface area contributed by atoms with Crippen molar-refractivity contribution >= 4 is 119 Å². The molecule has 5 rings (SSSR count). The van der Waals surface area contributed by atoms with E-state index in [1.54, 1.807) is 0 Å². The molecule has 674 valence electrons. The maximum Gasteiger partial charge on any atom is 0.407 e. The minimum absolute atomic E-state index is 0.159. The number of primary amides is 1. The number of H-pyrrole nitrogens is 1. The van der Waals surface area contributed by atoms with Crippen LogP contribution < -0.4 is 74.9 Å². The fourth-order valence-corrected chi connectivity index (χ4v) is 12.5. The van der Waals surface area contributed by atoms with Gasteiger partial charge in [0.2, 0.25) is 76.8 Å². The predicted octanol–water partition coefficient (Wildman–Crippen LogP) is -6.48. The fraction of sp³-hybridized carbons (Fsp3) is 0.539. The Bertz CT molecular complexity index is 4290. The first-order chi connectivity index (χ1) is 57.9. The van der Waals surface area contributed by atoms with Gasteiger partial charge in [0.15, 0.2) is 18.5 Å². The summed E-state index contributed by atoms with van der Waals surface area (Å²) in [6.07, 6.45) is -9.73. The van der Waals surface area contributed by atoms with Gasteiger partial charge in [0, 0.05) is 59.1 Å². The number of aliphatic hydroxyl groups excluding tert-OH is 2. The number of aliphatic carboxylic acids is 3. The molecule has 1 aliphatic carbocycles. The number of hydrogen-bond acceptors (Lipinski definition) is 29. The molecule has 0 spiro atoms. The summed E-state index contributed by atoms with van der Waals surface area (Å²) >= 11 is 0. The Morgan fingerprint density at radius 2 is 0.976 bits per heavy atom. The molecule has 1 aliphatic heterocycles. The van der Waals surface area contributed by atoms with Crippen molar-refractivity contribution in [2.75, 3.05) is 39.6 Å². The molecule has 14 amide bonds. The van der Waals surface area contributed by atoms with Crippen LogP contribution in [0, 0.1) is 11.8 Å². The SMILES string of the molecule is CC(=O)N[C@H]1[C@@H](OC[C@H](NC(=O)[C@H](CO)NC(=O)[C@@H](NC(=O)[C@H](C)NC(=O)[C@H](Cc2c[nH]cn2)NC(=O)[C@H](CO)NC(=O)OCC2c3ccccc3-c3ccccc32)C(C)C)C(=O)N[C@@H](CC(N)=O)C(=O)NCC(=O)N[C@@H](CCC(=O)O)C(=O)N[C@@H](C)C(=O)N[C@H](C(=O)N[C@@H](CCC(=O)O)C(=O)O)C(C)C)O[C@H](COC(C)=O)[C@H](OC(C)=O)[C@@H]1OC(C)=O. The summed E-state index contributed by atoms with van der Waals surface area (Å²) in [5.74, 6) is -25.1. The lowest BCUT2D eigenvalue weighted by atomic mass is 9.96.